The van der Waals surface area contributed by atoms with E-state index in [2.05, 4.69) is 15.9 Å². The molecule has 2 saturated heterocycles. The predicted octanol–water partition coefficient (Wildman–Crippen LogP) is 4.44. The zero-order valence-corrected chi connectivity index (χ0v) is 14.3. The third-order valence-electron chi connectivity index (χ3n) is 4.27. The lowest BCUT2D eigenvalue weighted by atomic mass is 9.80. The van der Waals surface area contributed by atoms with E-state index >= 15 is 0 Å². The maximum atomic E-state index is 10.7. The molecule has 3 atom stereocenters. The molecule has 2 aliphatic heterocycles. The monoisotopic (exact) mass is 376 g/mol. The van der Waals surface area contributed by atoms with Crippen LogP contribution < -0.4 is 0 Å². The summed E-state index contributed by atoms with van der Waals surface area (Å²) in [5.74, 6) is 2.49. The zero-order valence-electron chi connectivity index (χ0n) is 11.1. The highest BCUT2D eigenvalue weighted by molar-refractivity contribution is 9.10. The molecule has 0 aliphatic carbocycles. The van der Waals surface area contributed by atoms with Gasteiger partial charge < -0.3 is 9.84 Å². The maximum absolute atomic E-state index is 10.7. The number of aliphatic hydroxyl groups is 1. The van der Waals surface area contributed by atoms with Crippen LogP contribution in [0.3, 0.4) is 0 Å². The number of halogens is 2. The molecule has 5 heteroatoms. The Balaban J connectivity index is 1.77. The molecule has 1 aromatic rings. The van der Waals surface area contributed by atoms with Crippen molar-refractivity contribution >= 4 is 39.3 Å². The summed E-state index contributed by atoms with van der Waals surface area (Å²) < 4.78 is 6.94. The highest BCUT2D eigenvalue weighted by Gasteiger charge is 2.42. The van der Waals surface area contributed by atoms with Gasteiger partial charge in [0.2, 0.25) is 0 Å². The molecule has 2 heterocycles. The van der Waals surface area contributed by atoms with Crippen molar-refractivity contribution in [2.45, 2.75) is 31.0 Å². The summed E-state index contributed by atoms with van der Waals surface area (Å²) in [4.78, 5) is 0. The molecule has 1 aromatic carbocycles. The summed E-state index contributed by atoms with van der Waals surface area (Å²) >= 11 is 11.5. The molecule has 110 valence electrons. The molecule has 0 radical (unpaired) electrons. The van der Waals surface area contributed by atoms with E-state index in [1.165, 1.54) is 5.75 Å². The van der Waals surface area contributed by atoms with Crippen LogP contribution in [0.1, 0.15) is 30.9 Å². The number of benzene rings is 1. The van der Waals surface area contributed by atoms with E-state index in [0.717, 1.165) is 41.7 Å². The number of hydrogen-bond donors (Lipinski definition) is 1. The number of hydrogen-bond acceptors (Lipinski definition) is 3. The van der Waals surface area contributed by atoms with Crippen molar-refractivity contribution < 1.29 is 9.84 Å². The first-order chi connectivity index (χ1) is 9.58. The van der Waals surface area contributed by atoms with Crippen LogP contribution in [0.4, 0.5) is 0 Å². The van der Waals surface area contributed by atoms with E-state index in [1.54, 1.807) is 0 Å². The predicted molar refractivity (Wildman–Crippen MR) is 87.5 cm³/mol. The fourth-order valence-electron chi connectivity index (χ4n) is 3.22. The lowest BCUT2D eigenvalue weighted by molar-refractivity contribution is -0.102. The van der Waals surface area contributed by atoms with Crippen molar-refractivity contribution in [3.8, 4) is 0 Å². The van der Waals surface area contributed by atoms with Gasteiger partial charge >= 0.3 is 0 Å². The van der Waals surface area contributed by atoms with Gasteiger partial charge in [-0.2, -0.15) is 11.8 Å². The van der Waals surface area contributed by atoms with Crippen LogP contribution in [0.2, 0.25) is 5.02 Å². The number of aliphatic hydroxyl groups excluding tert-OH is 1. The van der Waals surface area contributed by atoms with Gasteiger partial charge in [-0.1, -0.05) is 27.5 Å². The number of rotatable bonds is 2. The number of thioether (sulfide) groups is 1. The van der Waals surface area contributed by atoms with E-state index in [-0.39, 0.29) is 11.5 Å². The second-order valence-electron chi connectivity index (χ2n) is 5.73. The van der Waals surface area contributed by atoms with Crippen LogP contribution >= 0.6 is 39.3 Å². The average molecular weight is 378 g/mol. The highest BCUT2D eigenvalue weighted by atomic mass is 79.9. The quantitative estimate of drug-likeness (QED) is 0.826. The van der Waals surface area contributed by atoms with Crippen molar-refractivity contribution in [3.63, 3.8) is 0 Å². The first-order valence-corrected chi connectivity index (χ1v) is 9.26. The lowest BCUT2D eigenvalue weighted by Gasteiger charge is -2.39. The Bertz CT molecular complexity index is 471. The Morgan fingerprint density at radius 2 is 2.30 bits per heavy atom. The second kappa shape index (κ2) is 6.17. The van der Waals surface area contributed by atoms with Gasteiger partial charge in [0.25, 0.3) is 0 Å². The summed E-state index contributed by atoms with van der Waals surface area (Å²) in [6.07, 6.45) is 2.51. The standard InChI is InChI=1S/C15H18BrClO2S/c16-12-5-11(6-13(17)7-12)14(18)10-1-3-19-15(8-10)2-4-20-9-15/h5-7,10,14,18H,1-4,8-9H2. The van der Waals surface area contributed by atoms with Crippen molar-refractivity contribution in [2.24, 2.45) is 5.92 Å². The smallest absolute Gasteiger partial charge is 0.0821 e. The van der Waals surface area contributed by atoms with Crippen molar-refractivity contribution in [2.75, 3.05) is 18.1 Å². The van der Waals surface area contributed by atoms with Gasteiger partial charge in [0.1, 0.15) is 0 Å². The Morgan fingerprint density at radius 1 is 1.45 bits per heavy atom. The Hall–Kier alpha value is 0.260. The molecule has 0 amide bonds. The van der Waals surface area contributed by atoms with E-state index in [4.69, 9.17) is 16.3 Å². The minimum atomic E-state index is -0.462. The molecule has 0 aromatic heterocycles. The molecular formula is C15H18BrClO2S. The largest absolute Gasteiger partial charge is 0.388 e. The van der Waals surface area contributed by atoms with Gasteiger partial charge in [0.15, 0.2) is 0 Å². The Morgan fingerprint density at radius 3 is 3.00 bits per heavy atom. The minimum absolute atomic E-state index is 0.00434. The fraction of sp³-hybridized carbons (Fsp3) is 0.600. The van der Waals surface area contributed by atoms with Crippen LogP contribution in [0.5, 0.6) is 0 Å². The Kier molecular flexibility index (Phi) is 4.68. The zero-order chi connectivity index (χ0) is 14.2. The molecular weight excluding hydrogens is 360 g/mol. The highest BCUT2D eigenvalue weighted by Crippen LogP contribution is 2.44. The van der Waals surface area contributed by atoms with E-state index in [0.29, 0.717) is 5.02 Å². The fourth-order valence-corrected chi connectivity index (χ4v) is 5.48. The van der Waals surface area contributed by atoms with Gasteiger partial charge in [-0.15, -0.1) is 0 Å². The molecule has 2 fully saturated rings. The molecule has 3 rings (SSSR count). The van der Waals surface area contributed by atoms with Gasteiger partial charge in [-0.3, -0.25) is 0 Å². The maximum Gasteiger partial charge on any atom is 0.0821 e. The van der Waals surface area contributed by atoms with Crippen molar-refractivity contribution in [1.29, 1.82) is 0 Å². The topological polar surface area (TPSA) is 29.5 Å². The molecule has 2 aliphatic rings. The summed E-state index contributed by atoms with van der Waals surface area (Å²) in [5.41, 5.74) is 0.904. The van der Waals surface area contributed by atoms with Gasteiger partial charge in [0, 0.05) is 21.9 Å². The van der Waals surface area contributed by atoms with Gasteiger partial charge in [0.05, 0.1) is 11.7 Å². The summed E-state index contributed by atoms with van der Waals surface area (Å²) in [7, 11) is 0. The normalized spacial score (nSPS) is 31.6. The molecule has 1 N–H and O–H groups in total. The van der Waals surface area contributed by atoms with Crippen LogP contribution in [-0.2, 0) is 4.74 Å². The molecule has 0 bridgehead atoms. The summed E-state index contributed by atoms with van der Waals surface area (Å²) in [6, 6.07) is 5.67. The first kappa shape index (κ1) is 15.2. The number of ether oxygens (including phenoxy) is 1. The van der Waals surface area contributed by atoms with Crippen LogP contribution in [0, 0.1) is 5.92 Å². The Labute approximate surface area is 137 Å². The third-order valence-corrected chi connectivity index (χ3v) is 6.17. The summed E-state index contributed by atoms with van der Waals surface area (Å²) in [6.45, 7) is 0.754. The molecule has 1 spiro atoms. The SMILES string of the molecule is OC(c1cc(Cl)cc(Br)c1)C1CCOC2(CCSC2)C1. The van der Waals surface area contributed by atoms with Crippen LogP contribution in [-0.4, -0.2) is 28.8 Å². The molecule has 2 nitrogen and oxygen atoms in total. The first-order valence-electron chi connectivity index (χ1n) is 6.94. The molecule has 20 heavy (non-hydrogen) atoms. The second-order valence-corrected chi connectivity index (χ2v) is 8.19. The van der Waals surface area contributed by atoms with Gasteiger partial charge in [-0.25, -0.2) is 0 Å². The molecule has 0 saturated carbocycles. The van der Waals surface area contributed by atoms with E-state index in [1.807, 2.05) is 30.0 Å². The van der Waals surface area contributed by atoms with E-state index in [9.17, 15) is 5.11 Å². The third kappa shape index (κ3) is 3.20. The van der Waals surface area contributed by atoms with Crippen LogP contribution in [0.25, 0.3) is 0 Å². The minimum Gasteiger partial charge on any atom is -0.388 e. The summed E-state index contributed by atoms with van der Waals surface area (Å²) in [5, 5.41) is 11.4. The lowest BCUT2D eigenvalue weighted by Crippen LogP contribution is -2.41. The van der Waals surface area contributed by atoms with Crippen molar-refractivity contribution in [1.82, 2.24) is 0 Å². The van der Waals surface area contributed by atoms with Gasteiger partial charge in [-0.05, 0) is 54.7 Å². The van der Waals surface area contributed by atoms with Crippen molar-refractivity contribution in [3.05, 3.63) is 33.3 Å². The van der Waals surface area contributed by atoms with E-state index < -0.39 is 6.10 Å². The van der Waals surface area contributed by atoms with Crippen LogP contribution in [0.15, 0.2) is 22.7 Å². The average Bonchev–Trinajstić information content (AvgIpc) is 2.85. The molecule has 3 unspecified atom stereocenters.